The quantitative estimate of drug-likeness (QED) is 0.628. The largest absolute Gasteiger partial charge is 0.0841 e. The molecule has 0 nitrogen and oxygen atoms in total. The van der Waals surface area contributed by atoms with Crippen LogP contribution in [-0.2, 0) is 6.42 Å². The van der Waals surface area contributed by atoms with Crippen LogP contribution < -0.4 is 0 Å². The third-order valence-electron chi connectivity index (χ3n) is 3.89. The maximum Gasteiger partial charge on any atom is -0.0230 e. The molecule has 0 aromatic heterocycles. The van der Waals surface area contributed by atoms with Crippen LogP contribution in [0.4, 0.5) is 0 Å². The Kier molecular flexibility index (Phi) is 4.99. The fourth-order valence-corrected chi connectivity index (χ4v) is 1.76. The summed E-state index contributed by atoms with van der Waals surface area (Å²) in [7, 11) is 0. The molecule has 0 unspecified atom stereocenters. The predicted molar refractivity (Wildman–Crippen MR) is 78.2 cm³/mol. The van der Waals surface area contributed by atoms with Crippen molar-refractivity contribution < 1.29 is 0 Å². The minimum absolute atomic E-state index is 0.470. The Morgan fingerprint density at radius 2 is 1.76 bits per heavy atom. The molecule has 94 valence electrons. The molecule has 0 heterocycles. The van der Waals surface area contributed by atoms with Gasteiger partial charge in [-0.15, -0.1) is 0 Å². The van der Waals surface area contributed by atoms with Crippen molar-refractivity contribution in [3.63, 3.8) is 0 Å². The van der Waals surface area contributed by atoms with Crippen LogP contribution in [0.2, 0.25) is 0 Å². The van der Waals surface area contributed by atoms with Gasteiger partial charge in [0, 0.05) is 0 Å². The molecule has 0 heteroatoms. The van der Waals surface area contributed by atoms with Crippen LogP contribution in [0.1, 0.15) is 58.6 Å². The zero-order chi connectivity index (χ0) is 12.9. The monoisotopic (exact) mass is 230 g/mol. The Morgan fingerprint density at radius 3 is 2.24 bits per heavy atom. The molecule has 0 aliphatic rings. The second-order valence-corrected chi connectivity index (χ2v) is 5.69. The summed E-state index contributed by atoms with van der Waals surface area (Å²) in [5.74, 6) is 0. The summed E-state index contributed by atoms with van der Waals surface area (Å²) < 4.78 is 0. The van der Waals surface area contributed by atoms with E-state index in [1.165, 1.54) is 36.0 Å². The molecule has 0 N–H and O–H groups in total. The molecular weight excluding hydrogens is 204 g/mol. The van der Waals surface area contributed by atoms with Crippen LogP contribution in [0.5, 0.6) is 0 Å². The van der Waals surface area contributed by atoms with Gasteiger partial charge in [0.05, 0.1) is 0 Å². The number of benzene rings is 1. The summed E-state index contributed by atoms with van der Waals surface area (Å²) in [5, 5.41) is 0. The van der Waals surface area contributed by atoms with E-state index in [1.54, 1.807) is 0 Å². The molecule has 1 aromatic rings. The molecular formula is C17H26. The summed E-state index contributed by atoms with van der Waals surface area (Å²) in [4.78, 5) is 0. The number of hydrogen-bond acceptors (Lipinski definition) is 0. The van der Waals surface area contributed by atoms with Gasteiger partial charge >= 0.3 is 0 Å². The van der Waals surface area contributed by atoms with E-state index in [2.05, 4.69) is 65.0 Å². The van der Waals surface area contributed by atoms with Crippen molar-refractivity contribution in [2.45, 2.75) is 53.9 Å². The lowest BCUT2D eigenvalue weighted by molar-refractivity contribution is 0.322. The lowest BCUT2D eigenvalue weighted by Crippen LogP contribution is -2.10. The average Bonchev–Trinajstić information content (AvgIpc) is 2.36. The number of aryl methyl sites for hydroxylation is 1. The second-order valence-electron chi connectivity index (χ2n) is 5.69. The van der Waals surface area contributed by atoms with Gasteiger partial charge in [-0.25, -0.2) is 0 Å². The summed E-state index contributed by atoms with van der Waals surface area (Å²) in [5.41, 5.74) is 4.62. The first-order chi connectivity index (χ1) is 7.98. The van der Waals surface area contributed by atoms with E-state index in [-0.39, 0.29) is 0 Å². The molecule has 0 atom stereocenters. The van der Waals surface area contributed by atoms with Crippen LogP contribution in [-0.4, -0.2) is 0 Å². The van der Waals surface area contributed by atoms with Crippen LogP contribution in [0.3, 0.4) is 0 Å². The van der Waals surface area contributed by atoms with Gasteiger partial charge in [-0.2, -0.15) is 0 Å². The highest BCUT2D eigenvalue weighted by Crippen LogP contribution is 2.26. The van der Waals surface area contributed by atoms with Gasteiger partial charge in [0.2, 0.25) is 0 Å². The molecule has 0 saturated carbocycles. The molecule has 0 amide bonds. The maximum absolute atomic E-state index is 2.35. The van der Waals surface area contributed by atoms with Crippen LogP contribution >= 0.6 is 0 Å². The Bertz CT molecular complexity index is 366. The van der Waals surface area contributed by atoms with Crippen molar-refractivity contribution >= 4 is 5.57 Å². The normalized spacial score (nSPS) is 12.9. The third kappa shape index (κ3) is 4.38. The van der Waals surface area contributed by atoms with Crippen molar-refractivity contribution in [2.75, 3.05) is 0 Å². The standard InChI is InChI=1S/C17H26/c1-6-14(3)16-10-8-15(9-11-16)12-13-17(4,5)7-2/h6,8-11H,7,12-13H2,1-5H3. The number of rotatable bonds is 5. The van der Waals surface area contributed by atoms with Crippen molar-refractivity contribution in [3.05, 3.63) is 41.5 Å². The van der Waals surface area contributed by atoms with Gasteiger partial charge < -0.3 is 0 Å². The van der Waals surface area contributed by atoms with Crippen LogP contribution in [0, 0.1) is 5.41 Å². The van der Waals surface area contributed by atoms with E-state index < -0.39 is 0 Å². The topological polar surface area (TPSA) is 0 Å². The van der Waals surface area contributed by atoms with Crippen molar-refractivity contribution in [1.29, 1.82) is 0 Å². The van der Waals surface area contributed by atoms with E-state index in [9.17, 15) is 0 Å². The molecule has 17 heavy (non-hydrogen) atoms. The van der Waals surface area contributed by atoms with Crippen LogP contribution in [0.15, 0.2) is 30.3 Å². The van der Waals surface area contributed by atoms with Gasteiger partial charge in [-0.3, -0.25) is 0 Å². The van der Waals surface area contributed by atoms with Gasteiger partial charge in [0.15, 0.2) is 0 Å². The summed E-state index contributed by atoms with van der Waals surface area (Å²) in [6.45, 7) is 11.2. The number of hydrogen-bond donors (Lipinski definition) is 0. The predicted octanol–water partition coefficient (Wildman–Crippen LogP) is 5.48. The lowest BCUT2D eigenvalue weighted by atomic mass is 9.84. The highest BCUT2D eigenvalue weighted by Gasteiger charge is 2.14. The zero-order valence-electron chi connectivity index (χ0n) is 12.0. The lowest BCUT2D eigenvalue weighted by Gasteiger charge is -2.22. The molecule has 0 aliphatic carbocycles. The van der Waals surface area contributed by atoms with Gasteiger partial charge in [-0.05, 0) is 48.8 Å². The first kappa shape index (κ1) is 14.0. The van der Waals surface area contributed by atoms with Gasteiger partial charge in [-0.1, -0.05) is 57.5 Å². The first-order valence-corrected chi connectivity index (χ1v) is 6.71. The SMILES string of the molecule is CC=C(C)c1ccc(CCC(C)(C)CC)cc1. The average molecular weight is 230 g/mol. The summed E-state index contributed by atoms with van der Waals surface area (Å²) in [6.07, 6.45) is 5.87. The Labute approximate surface area is 107 Å². The van der Waals surface area contributed by atoms with Crippen molar-refractivity contribution in [3.8, 4) is 0 Å². The highest BCUT2D eigenvalue weighted by molar-refractivity contribution is 5.63. The summed E-state index contributed by atoms with van der Waals surface area (Å²) in [6, 6.07) is 9.02. The molecule has 1 aromatic carbocycles. The van der Waals surface area contributed by atoms with Gasteiger partial charge in [0.1, 0.15) is 0 Å². The Balaban J connectivity index is 2.63. The molecule has 0 saturated heterocycles. The van der Waals surface area contributed by atoms with E-state index in [0.29, 0.717) is 5.41 Å². The molecule has 0 radical (unpaired) electrons. The minimum atomic E-state index is 0.470. The maximum atomic E-state index is 2.35. The Hall–Kier alpha value is -1.04. The van der Waals surface area contributed by atoms with Crippen LogP contribution in [0.25, 0.3) is 5.57 Å². The molecule has 0 bridgehead atoms. The van der Waals surface area contributed by atoms with E-state index >= 15 is 0 Å². The summed E-state index contributed by atoms with van der Waals surface area (Å²) >= 11 is 0. The fourth-order valence-electron chi connectivity index (χ4n) is 1.76. The van der Waals surface area contributed by atoms with E-state index in [0.717, 1.165) is 0 Å². The fraction of sp³-hybridized carbons (Fsp3) is 0.529. The van der Waals surface area contributed by atoms with E-state index in [4.69, 9.17) is 0 Å². The number of allylic oxidation sites excluding steroid dienone is 2. The zero-order valence-corrected chi connectivity index (χ0v) is 12.0. The smallest absolute Gasteiger partial charge is 0.0230 e. The highest BCUT2D eigenvalue weighted by atomic mass is 14.2. The Morgan fingerprint density at radius 1 is 1.18 bits per heavy atom. The molecule has 0 fully saturated rings. The van der Waals surface area contributed by atoms with Crippen molar-refractivity contribution in [1.82, 2.24) is 0 Å². The molecule has 0 aliphatic heterocycles. The molecule has 1 rings (SSSR count). The second kappa shape index (κ2) is 6.05. The van der Waals surface area contributed by atoms with Crippen molar-refractivity contribution in [2.24, 2.45) is 5.41 Å². The third-order valence-corrected chi connectivity index (χ3v) is 3.89. The first-order valence-electron chi connectivity index (χ1n) is 6.71. The van der Waals surface area contributed by atoms with E-state index in [1.807, 2.05) is 0 Å². The minimum Gasteiger partial charge on any atom is -0.0841 e. The molecule has 0 spiro atoms. The van der Waals surface area contributed by atoms with Gasteiger partial charge in [0.25, 0.3) is 0 Å².